The van der Waals surface area contributed by atoms with Crippen molar-refractivity contribution >= 4 is 39.4 Å². The van der Waals surface area contributed by atoms with Gasteiger partial charge in [0.2, 0.25) is 5.91 Å². The monoisotopic (exact) mass is 437 g/mol. The Hall–Kier alpha value is -0.0425. The summed E-state index contributed by atoms with van der Waals surface area (Å²) in [6, 6.07) is 0.470. The van der Waals surface area contributed by atoms with Crippen LogP contribution >= 0.6 is 0 Å². The van der Waals surface area contributed by atoms with Crippen LogP contribution < -0.4 is 5.32 Å². The van der Waals surface area contributed by atoms with Crippen LogP contribution in [0.4, 0.5) is 0 Å². The van der Waals surface area contributed by atoms with E-state index in [-0.39, 0.29) is 5.91 Å². The first kappa shape index (κ1) is 28.2. The SMILES string of the molecule is C=C(C)C(=O)NCCC[Si](O)(O[Si](C)(C)C)O[Si](C)(C)C.C[Si](C)(C)C. The highest BCUT2D eigenvalue weighted by Gasteiger charge is 2.43. The number of carbonyl (C=O) groups excluding carboxylic acids is 1. The zero-order valence-corrected chi connectivity index (χ0v) is 23.0. The molecule has 0 radical (unpaired) electrons. The van der Waals surface area contributed by atoms with Gasteiger partial charge >= 0.3 is 8.80 Å². The highest BCUT2D eigenvalue weighted by Crippen LogP contribution is 2.22. The summed E-state index contributed by atoms with van der Waals surface area (Å²) < 4.78 is 11.9. The lowest BCUT2D eigenvalue weighted by atomic mass is 10.3. The van der Waals surface area contributed by atoms with Crippen LogP contribution in [0.15, 0.2) is 12.2 Å². The van der Waals surface area contributed by atoms with E-state index in [1.54, 1.807) is 6.92 Å². The molecule has 1 amide bonds. The Labute approximate surface area is 166 Å². The van der Waals surface area contributed by atoms with Crippen molar-refractivity contribution < 1.29 is 17.8 Å². The lowest BCUT2D eigenvalue weighted by molar-refractivity contribution is -0.117. The molecule has 0 fully saturated rings. The van der Waals surface area contributed by atoms with E-state index >= 15 is 0 Å². The predicted octanol–water partition coefficient (Wildman–Crippen LogP) is 4.66. The molecular formula is C17H43NO4Si4. The summed E-state index contributed by atoms with van der Waals surface area (Å²) in [6.45, 7) is 27.3. The zero-order valence-electron chi connectivity index (χ0n) is 19.0. The van der Waals surface area contributed by atoms with Crippen LogP contribution in [0.25, 0.3) is 0 Å². The molecule has 0 unspecified atom stereocenters. The van der Waals surface area contributed by atoms with Gasteiger partial charge in [-0.05, 0) is 52.6 Å². The van der Waals surface area contributed by atoms with Gasteiger partial charge in [-0.25, -0.2) is 0 Å². The molecular weight excluding hydrogens is 395 g/mol. The third kappa shape index (κ3) is 22.0. The highest BCUT2D eigenvalue weighted by atomic mass is 28.5. The molecule has 0 aliphatic heterocycles. The van der Waals surface area contributed by atoms with Gasteiger partial charge in [0.1, 0.15) is 0 Å². The van der Waals surface area contributed by atoms with Crippen LogP contribution in [-0.4, -0.2) is 50.8 Å². The molecule has 26 heavy (non-hydrogen) atoms. The molecule has 5 nitrogen and oxygen atoms in total. The van der Waals surface area contributed by atoms with E-state index in [2.05, 4.69) is 38.1 Å². The first-order valence-corrected chi connectivity index (χ1v) is 22.1. The maximum absolute atomic E-state index is 11.4. The maximum Gasteiger partial charge on any atom is 0.477 e. The summed E-state index contributed by atoms with van der Waals surface area (Å²) in [6.07, 6.45) is 0.636. The minimum absolute atomic E-state index is 0.155. The topological polar surface area (TPSA) is 67.8 Å². The normalized spacial score (nSPS) is 12.9. The molecule has 156 valence electrons. The third-order valence-corrected chi connectivity index (χ3v) is 10.7. The second-order valence-corrected chi connectivity index (χ2v) is 28.3. The van der Waals surface area contributed by atoms with Gasteiger partial charge in [0.25, 0.3) is 0 Å². The maximum atomic E-state index is 11.4. The minimum atomic E-state index is -3.17. The summed E-state index contributed by atoms with van der Waals surface area (Å²) in [5.74, 6) is -0.155. The Kier molecular flexibility index (Phi) is 12.0. The quantitative estimate of drug-likeness (QED) is 0.313. The summed E-state index contributed by atoms with van der Waals surface area (Å²) in [5, 5.41) is 2.76. The Bertz CT molecular complexity index is 429. The molecule has 0 saturated carbocycles. The number of amides is 1. The van der Waals surface area contributed by atoms with Crippen LogP contribution in [-0.2, 0) is 13.0 Å². The second kappa shape index (κ2) is 11.1. The summed E-state index contributed by atoms with van der Waals surface area (Å²) in [4.78, 5) is 22.2. The second-order valence-electron chi connectivity index (χ2n) is 10.3. The van der Waals surface area contributed by atoms with E-state index in [1.165, 1.54) is 0 Å². The van der Waals surface area contributed by atoms with Crippen molar-refractivity contribution in [1.29, 1.82) is 0 Å². The van der Waals surface area contributed by atoms with E-state index in [4.69, 9.17) is 8.23 Å². The van der Waals surface area contributed by atoms with Crippen LogP contribution in [0.3, 0.4) is 0 Å². The fourth-order valence-electron chi connectivity index (χ4n) is 1.74. The van der Waals surface area contributed by atoms with Crippen molar-refractivity contribution in [3.8, 4) is 0 Å². The Morgan fingerprint density at radius 3 is 1.54 bits per heavy atom. The molecule has 0 aliphatic rings. The average Bonchev–Trinajstić information content (AvgIpc) is 2.26. The van der Waals surface area contributed by atoms with Crippen LogP contribution in [0.5, 0.6) is 0 Å². The number of nitrogens with one attached hydrogen (secondary N) is 1. The molecule has 0 heterocycles. The van der Waals surface area contributed by atoms with Gasteiger partial charge in [-0.1, -0.05) is 32.8 Å². The van der Waals surface area contributed by atoms with Crippen molar-refractivity contribution in [2.75, 3.05) is 6.54 Å². The van der Waals surface area contributed by atoms with E-state index in [1.807, 2.05) is 39.3 Å². The minimum Gasteiger partial charge on any atom is -0.416 e. The lowest BCUT2D eigenvalue weighted by Crippen LogP contribution is -2.55. The molecule has 9 heteroatoms. The van der Waals surface area contributed by atoms with Gasteiger partial charge < -0.3 is 18.3 Å². The first-order chi connectivity index (χ1) is 11.2. The zero-order chi connectivity index (χ0) is 21.4. The van der Waals surface area contributed by atoms with Crippen LogP contribution in [0.1, 0.15) is 13.3 Å². The molecule has 0 aromatic rings. The number of hydrogen-bond acceptors (Lipinski definition) is 4. The molecule has 0 aliphatic carbocycles. The van der Waals surface area contributed by atoms with Crippen molar-refractivity contribution in [2.45, 2.75) is 84.9 Å². The van der Waals surface area contributed by atoms with Crippen molar-refractivity contribution in [2.24, 2.45) is 0 Å². The van der Waals surface area contributed by atoms with E-state index in [0.29, 0.717) is 24.6 Å². The predicted molar refractivity (Wildman–Crippen MR) is 123 cm³/mol. The molecule has 0 saturated heterocycles. The number of carbonyl (C=O) groups is 1. The summed E-state index contributed by atoms with van der Waals surface area (Å²) >= 11 is 0. The van der Waals surface area contributed by atoms with Gasteiger partial charge in [-0.15, -0.1) is 0 Å². The first-order valence-electron chi connectivity index (χ1n) is 9.30. The summed E-state index contributed by atoms with van der Waals surface area (Å²) in [7, 11) is -7.55. The average molecular weight is 438 g/mol. The fourth-order valence-corrected chi connectivity index (χ4v) is 11.4. The standard InChI is InChI=1S/C13H31NO4Si3.C4H12Si/c1-12(2)13(15)14-10-9-11-21(16,17-19(3,4)5)18-20(6,7)8;1-5(2,3)4/h16H,1,9-11H2,2-8H3,(H,14,15);1-4H3. The molecule has 0 spiro atoms. The molecule has 0 aromatic heterocycles. The molecule has 0 aromatic carbocycles. The molecule has 2 N–H and O–H groups in total. The van der Waals surface area contributed by atoms with Gasteiger partial charge in [0, 0.05) is 26.2 Å². The van der Waals surface area contributed by atoms with Crippen molar-refractivity contribution in [3.63, 3.8) is 0 Å². The van der Waals surface area contributed by atoms with E-state index in [0.717, 1.165) is 0 Å². The van der Waals surface area contributed by atoms with Gasteiger partial charge in [-0.3, -0.25) is 4.79 Å². The number of hydrogen-bond donors (Lipinski definition) is 2. The Morgan fingerprint density at radius 1 is 0.923 bits per heavy atom. The fraction of sp³-hybridized carbons (Fsp3) is 0.824. The van der Waals surface area contributed by atoms with Crippen LogP contribution in [0.2, 0.25) is 71.5 Å². The van der Waals surface area contributed by atoms with Gasteiger partial charge in [0.05, 0.1) is 0 Å². The van der Waals surface area contributed by atoms with Gasteiger partial charge in [0.15, 0.2) is 16.6 Å². The Morgan fingerprint density at radius 2 is 1.27 bits per heavy atom. The largest absolute Gasteiger partial charge is 0.477 e. The Balaban J connectivity index is 0. The van der Waals surface area contributed by atoms with E-state index in [9.17, 15) is 9.59 Å². The highest BCUT2D eigenvalue weighted by molar-refractivity contribution is 6.85. The third-order valence-electron chi connectivity index (χ3n) is 2.27. The summed E-state index contributed by atoms with van der Waals surface area (Å²) in [5.41, 5.74) is 0.485. The van der Waals surface area contributed by atoms with Crippen molar-refractivity contribution in [3.05, 3.63) is 12.2 Å². The molecule has 0 atom stereocenters. The lowest BCUT2D eigenvalue weighted by Gasteiger charge is -2.36. The number of rotatable bonds is 9. The van der Waals surface area contributed by atoms with Crippen molar-refractivity contribution in [1.82, 2.24) is 5.32 Å². The van der Waals surface area contributed by atoms with E-state index < -0.39 is 33.5 Å². The van der Waals surface area contributed by atoms with Gasteiger partial charge in [-0.2, -0.15) is 0 Å². The van der Waals surface area contributed by atoms with Crippen LogP contribution in [0, 0.1) is 0 Å². The molecule has 0 rings (SSSR count). The molecule has 0 bridgehead atoms. The smallest absolute Gasteiger partial charge is 0.416 e.